The van der Waals surface area contributed by atoms with Crippen LogP contribution in [0.4, 0.5) is 0 Å². The molecule has 0 bridgehead atoms. The fraction of sp³-hybridized carbons (Fsp3) is 0.533. The molecular weight excluding hydrogens is 244 g/mol. The van der Waals surface area contributed by atoms with Crippen molar-refractivity contribution in [3.05, 3.63) is 23.8 Å². The molecule has 2 rings (SSSR count). The fourth-order valence-electron chi connectivity index (χ4n) is 2.13. The van der Waals surface area contributed by atoms with E-state index in [1.165, 1.54) is 0 Å². The molecule has 0 aliphatic carbocycles. The van der Waals surface area contributed by atoms with Crippen LogP contribution in [0.3, 0.4) is 0 Å². The normalized spacial score (nSPS) is 15.8. The molecule has 0 aromatic heterocycles. The lowest BCUT2D eigenvalue weighted by Crippen LogP contribution is -2.25. The largest absolute Gasteiger partial charge is 0.483 e. The van der Waals surface area contributed by atoms with Crippen LogP contribution >= 0.6 is 0 Å². The summed E-state index contributed by atoms with van der Waals surface area (Å²) in [6, 6.07) is 5.74. The van der Waals surface area contributed by atoms with Gasteiger partial charge in [0.15, 0.2) is 18.1 Å². The van der Waals surface area contributed by atoms with Gasteiger partial charge in [-0.05, 0) is 33.8 Å². The van der Waals surface area contributed by atoms with Crippen molar-refractivity contribution in [3.8, 4) is 11.5 Å². The van der Waals surface area contributed by atoms with Crippen molar-refractivity contribution in [2.45, 2.75) is 45.8 Å². The number of ether oxygens (including phenoxy) is 3. The highest BCUT2D eigenvalue weighted by Gasteiger charge is 2.32. The Bertz CT molecular complexity index is 477. The summed E-state index contributed by atoms with van der Waals surface area (Å²) in [4.78, 5) is 11.5. The summed E-state index contributed by atoms with van der Waals surface area (Å²) in [7, 11) is 0. The van der Waals surface area contributed by atoms with E-state index in [0.29, 0.717) is 5.75 Å². The molecule has 0 amide bonds. The minimum atomic E-state index is -0.370. The van der Waals surface area contributed by atoms with Gasteiger partial charge in [0.1, 0.15) is 5.60 Å². The number of carbonyl (C=O) groups excluding carboxylic acids is 1. The van der Waals surface area contributed by atoms with E-state index in [9.17, 15) is 4.79 Å². The predicted molar refractivity (Wildman–Crippen MR) is 71.6 cm³/mol. The van der Waals surface area contributed by atoms with Crippen molar-refractivity contribution in [1.29, 1.82) is 0 Å². The number of para-hydroxylation sites is 1. The highest BCUT2D eigenvalue weighted by Crippen LogP contribution is 2.41. The first-order valence-corrected chi connectivity index (χ1v) is 6.50. The lowest BCUT2D eigenvalue weighted by atomic mass is 10.0. The first-order chi connectivity index (χ1) is 8.87. The van der Waals surface area contributed by atoms with E-state index in [4.69, 9.17) is 14.2 Å². The third kappa shape index (κ3) is 3.40. The zero-order valence-corrected chi connectivity index (χ0v) is 11.9. The van der Waals surface area contributed by atoms with Crippen LogP contribution in [0.1, 0.15) is 33.3 Å². The average molecular weight is 264 g/mol. The molecule has 104 valence electrons. The second-order valence-corrected chi connectivity index (χ2v) is 5.61. The average Bonchev–Trinajstić information content (AvgIpc) is 2.59. The van der Waals surface area contributed by atoms with Gasteiger partial charge in [-0.25, -0.2) is 4.79 Å². The van der Waals surface area contributed by atoms with E-state index in [-0.39, 0.29) is 24.3 Å². The molecule has 0 fully saturated rings. The summed E-state index contributed by atoms with van der Waals surface area (Å²) < 4.78 is 16.4. The van der Waals surface area contributed by atoms with Crippen LogP contribution in [-0.4, -0.2) is 24.3 Å². The third-order valence-corrected chi connectivity index (χ3v) is 2.77. The van der Waals surface area contributed by atoms with Gasteiger partial charge in [-0.15, -0.1) is 0 Å². The minimum Gasteiger partial charge on any atom is -0.483 e. The van der Waals surface area contributed by atoms with E-state index in [1.54, 1.807) is 0 Å². The zero-order chi connectivity index (χ0) is 14.0. The fourth-order valence-corrected chi connectivity index (χ4v) is 2.13. The Morgan fingerprint density at radius 3 is 2.84 bits per heavy atom. The van der Waals surface area contributed by atoms with Gasteiger partial charge in [0.05, 0.1) is 6.10 Å². The van der Waals surface area contributed by atoms with E-state index in [2.05, 4.69) is 0 Å². The molecule has 4 nitrogen and oxygen atoms in total. The van der Waals surface area contributed by atoms with Crippen LogP contribution in [0.2, 0.25) is 0 Å². The summed E-state index contributed by atoms with van der Waals surface area (Å²) in [6.07, 6.45) is 0.712. The summed E-state index contributed by atoms with van der Waals surface area (Å²) in [5.74, 6) is 0.971. The summed E-state index contributed by atoms with van der Waals surface area (Å²) in [5, 5.41) is 0. The second kappa shape index (κ2) is 5.11. The molecule has 1 heterocycles. The summed E-state index contributed by atoms with van der Waals surface area (Å²) >= 11 is 0. The highest BCUT2D eigenvalue weighted by atomic mass is 16.6. The first kappa shape index (κ1) is 13.7. The van der Waals surface area contributed by atoms with Crippen LogP contribution in [0, 0.1) is 0 Å². The van der Waals surface area contributed by atoms with Crippen LogP contribution in [0.25, 0.3) is 0 Å². The number of hydrogen-bond acceptors (Lipinski definition) is 4. The Labute approximate surface area is 113 Å². The van der Waals surface area contributed by atoms with Crippen LogP contribution < -0.4 is 9.47 Å². The van der Waals surface area contributed by atoms with Crippen molar-refractivity contribution in [2.24, 2.45) is 0 Å². The minimum absolute atomic E-state index is 0.0988. The van der Waals surface area contributed by atoms with Gasteiger partial charge in [0.25, 0.3) is 0 Å². The molecule has 4 heteroatoms. The molecule has 0 N–H and O–H groups in total. The SMILES string of the molecule is CC(C)OC(=O)COc1cccc2c1OC(C)(C)C2. The Balaban J connectivity index is 2.04. The Kier molecular flexibility index (Phi) is 3.69. The number of benzene rings is 1. The number of rotatable bonds is 4. The number of fused-ring (bicyclic) bond motifs is 1. The van der Waals surface area contributed by atoms with Crippen LogP contribution in [-0.2, 0) is 16.0 Å². The Hall–Kier alpha value is -1.71. The topological polar surface area (TPSA) is 44.8 Å². The van der Waals surface area contributed by atoms with Gasteiger partial charge in [-0.3, -0.25) is 0 Å². The first-order valence-electron chi connectivity index (χ1n) is 6.50. The van der Waals surface area contributed by atoms with Crippen molar-refractivity contribution in [1.82, 2.24) is 0 Å². The van der Waals surface area contributed by atoms with Crippen molar-refractivity contribution < 1.29 is 19.0 Å². The maximum Gasteiger partial charge on any atom is 0.344 e. The summed E-state index contributed by atoms with van der Waals surface area (Å²) in [6.45, 7) is 7.58. The van der Waals surface area contributed by atoms with E-state index in [0.717, 1.165) is 17.7 Å². The monoisotopic (exact) mass is 264 g/mol. The molecular formula is C15H20O4. The smallest absolute Gasteiger partial charge is 0.344 e. The Morgan fingerprint density at radius 1 is 1.42 bits per heavy atom. The molecule has 1 aliphatic rings. The van der Waals surface area contributed by atoms with E-state index < -0.39 is 0 Å². The Morgan fingerprint density at radius 2 is 2.16 bits per heavy atom. The number of carbonyl (C=O) groups is 1. The van der Waals surface area contributed by atoms with Gasteiger partial charge in [0, 0.05) is 12.0 Å². The lowest BCUT2D eigenvalue weighted by molar-refractivity contribution is -0.149. The van der Waals surface area contributed by atoms with Gasteiger partial charge in [-0.2, -0.15) is 0 Å². The maximum absolute atomic E-state index is 11.5. The molecule has 1 aromatic rings. The van der Waals surface area contributed by atoms with Crippen molar-refractivity contribution in [3.63, 3.8) is 0 Å². The van der Waals surface area contributed by atoms with Gasteiger partial charge >= 0.3 is 5.97 Å². The van der Waals surface area contributed by atoms with Gasteiger partial charge in [-0.1, -0.05) is 12.1 Å². The second-order valence-electron chi connectivity index (χ2n) is 5.61. The van der Waals surface area contributed by atoms with Crippen LogP contribution in [0.5, 0.6) is 11.5 Å². The number of esters is 1. The van der Waals surface area contributed by atoms with Crippen LogP contribution in [0.15, 0.2) is 18.2 Å². The quantitative estimate of drug-likeness (QED) is 0.784. The zero-order valence-electron chi connectivity index (χ0n) is 11.9. The van der Waals surface area contributed by atoms with Gasteiger partial charge < -0.3 is 14.2 Å². The van der Waals surface area contributed by atoms with Crippen molar-refractivity contribution in [2.75, 3.05) is 6.61 Å². The number of hydrogen-bond donors (Lipinski definition) is 0. The summed E-state index contributed by atoms with van der Waals surface area (Å²) in [5.41, 5.74) is 0.889. The molecule has 0 spiro atoms. The standard InChI is InChI=1S/C15H20O4/c1-10(2)18-13(16)9-17-12-7-5-6-11-8-15(3,4)19-14(11)12/h5-7,10H,8-9H2,1-4H3. The molecule has 0 saturated heterocycles. The molecule has 0 radical (unpaired) electrons. The van der Waals surface area contributed by atoms with Gasteiger partial charge in [0.2, 0.25) is 0 Å². The van der Waals surface area contributed by atoms with E-state index in [1.807, 2.05) is 45.9 Å². The highest BCUT2D eigenvalue weighted by molar-refractivity contribution is 5.71. The van der Waals surface area contributed by atoms with E-state index >= 15 is 0 Å². The maximum atomic E-state index is 11.5. The molecule has 19 heavy (non-hydrogen) atoms. The lowest BCUT2D eigenvalue weighted by Gasteiger charge is -2.18. The molecule has 0 unspecified atom stereocenters. The molecule has 1 aliphatic heterocycles. The molecule has 1 aromatic carbocycles. The molecule has 0 atom stereocenters. The van der Waals surface area contributed by atoms with Crippen molar-refractivity contribution >= 4 is 5.97 Å². The predicted octanol–water partition coefficient (Wildman–Crippen LogP) is 2.73. The molecule has 0 saturated carbocycles. The third-order valence-electron chi connectivity index (χ3n) is 2.77.